The van der Waals surface area contributed by atoms with Crippen molar-refractivity contribution in [1.82, 2.24) is 0 Å². The second kappa shape index (κ2) is 16.6. The molecule has 0 aliphatic heterocycles. The quantitative estimate of drug-likeness (QED) is 0.149. The second-order valence-electron chi connectivity index (χ2n) is 16.2. The number of benzene rings is 8. The molecule has 1 N–H and O–H groups in total. The second-order valence-corrected chi connectivity index (χ2v) is 16.2. The minimum Gasteiger partial charge on any atom is -0.372 e. The zero-order chi connectivity index (χ0) is 41.1. The fraction of sp³-hybridized carbons (Fsp3) is 0.103. The highest BCUT2D eigenvalue weighted by Gasteiger charge is 2.31. The summed E-state index contributed by atoms with van der Waals surface area (Å²) in [6, 6.07) is 70.5. The standard InChI is InChI=1S/C58H50N2/c1-41-15-33-56(43(3)39-41)59-58(53-27-21-49(22-28-53)45-11-7-5-8-12-45)37-35-52(36-38-58)48-19-17-47(18-20-48)51-25-31-55(32-26-51)60(57-34-16-42(2)40-44(57)4)54-29-23-50(24-30-54)46-13-9-6-10-14-46/h5-37,39-40,59H,38H2,1-4H3. The molecule has 2 nitrogen and oxygen atoms in total. The summed E-state index contributed by atoms with van der Waals surface area (Å²) in [5.41, 5.74) is 20.2. The van der Waals surface area contributed by atoms with Crippen LogP contribution in [0.2, 0.25) is 0 Å². The molecule has 1 aliphatic carbocycles. The van der Waals surface area contributed by atoms with Crippen molar-refractivity contribution in [2.24, 2.45) is 0 Å². The van der Waals surface area contributed by atoms with Crippen molar-refractivity contribution in [2.75, 3.05) is 10.2 Å². The third kappa shape index (κ3) is 7.97. The van der Waals surface area contributed by atoms with Gasteiger partial charge in [-0.1, -0.05) is 187 Å². The minimum absolute atomic E-state index is 0.380. The van der Waals surface area contributed by atoms with Crippen LogP contribution in [0.25, 0.3) is 39.0 Å². The van der Waals surface area contributed by atoms with E-state index in [0.717, 1.165) is 23.5 Å². The lowest BCUT2D eigenvalue weighted by Crippen LogP contribution is -2.34. The highest BCUT2D eigenvalue weighted by molar-refractivity contribution is 5.82. The summed E-state index contributed by atoms with van der Waals surface area (Å²) in [7, 11) is 0. The molecule has 8 aromatic rings. The monoisotopic (exact) mass is 774 g/mol. The van der Waals surface area contributed by atoms with E-state index in [2.05, 4.69) is 250 Å². The fourth-order valence-electron chi connectivity index (χ4n) is 8.59. The predicted octanol–water partition coefficient (Wildman–Crippen LogP) is 15.7. The molecule has 60 heavy (non-hydrogen) atoms. The first-order valence-corrected chi connectivity index (χ1v) is 21.0. The van der Waals surface area contributed by atoms with Gasteiger partial charge in [0.05, 0.1) is 5.54 Å². The van der Waals surface area contributed by atoms with E-state index in [0.29, 0.717) is 0 Å². The first kappa shape index (κ1) is 38.4. The molecule has 2 heteroatoms. The van der Waals surface area contributed by atoms with Crippen molar-refractivity contribution < 1.29 is 0 Å². The molecule has 9 rings (SSSR count). The maximum absolute atomic E-state index is 3.98. The van der Waals surface area contributed by atoms with Gasteiger partial charge in [-0.25, -0.2) is 0 Å². The van der Waals surface area contributed by atoms with Gasteiger partial charge in [0.2, 0.25) is 0 Å². The number of hydrogen-bond acceptors (Lipinski definition) is 2. The van der Waals surface area contributed by atoms with E-state index < -0.39 is 0 Å². The summed E-state index contributed by atoms with van der Waals surface area (Å²) in [4.78, 5) is 2.37. The van der Waals surface area contributed by atoms with Crippen LogP contribution in [-0.2, 0) is 5.54 Å². The lowest BCUT2D eigenvalue weighted by atomic mass is 9.80. The topological polar surface area (TPSA) is 15.3 Å². The molecule has 8 aromatic carbocycles. The van der Waals surface area contributed by atoms with E-state index in [9.17, 15) is 0 Å². The molecular weight excluding hydrogens is 725 g/mol. The largest absolute Gasteiger partial charge is 0.372 e. The Bertz CT molecular complexity index is 2800. The molecule has 0 bridgehead atoms. The van der Waals surface area contributed by atoms with E-state index in [1.165, 1.54) is 78.0 Å². The number of anilines is 4. The molecule has 1 unspecified atom stereocenters. The lowest BCUT2D eigenvalue weighted by Gasteiger charge is -2.36. The Kier molecular flexibility index (Phi) is 10.6. The molecule has 0 amide bonds. The molecular formula is C58H50N2. The van der Waals surface area contributed by atoms with Crippen LogP contribution in [0.5, 0.6) is 0 Å². The first-order chi connectivity index (χ1) is 29.3. The summed E-state index contributed by atoms with van der Waals surface area (Å²) in [5, 5.41) is 3.98. The number of aryl methyl sites for hydroxylation is 4. The zero-order valence-corrected chi connectivity index (χ0v) is 34.9. The molecule has 0 aromatic heterocycles. The molecule has 0 saturated heterocycles. The fourth-order valence-corrected chi connectivity index (χ4v) is 8.59. The smallest absolute Gasteiger partial charge is 0.0847 e. The Balaban J connectivity index is 0.967. The Morgan fingerprint density at radius 3 is 1.37 bits per heavy atom. The van der Waals surface area contributed by atoms with Gasteiger partial charge in [-0.15, -0.1) is 0 Å². The summed E-state index contributed by atoms with van der Waals surface area (Å²) >= 11 is 0. The molecule has 292 valence electrons. The van der Waals surface area contributed by atoms with Crippen LogP contribution < -0.4 is 10.2 Å². The summed E-state index contributed by atoms with van der Waals surface area (Å²) in [6.07, 6.45) is 7.87. The van der Waals surface area contributed by atoms with E-state index >= 15 is 0 Å². The van der Waals surface area contributed by atoms with Crippen molar-refractivity contribution in [1.29, 1.82) is 0 Å². The van der Waals surface area contributed by atoms with Crippen LogP contribution >= 0.6 is 0 Å². The average Bonchev–Trinajstić information content (AvgIpc) is 3.30. The Labute approximate surface area is 355 Å². The lowest BCUT2D eigenvalue weighted by molar-refractivity contribution is 0.619. The van der Waals surface area contributed by atoms with Crippen molar-refractivity contribution >= 4 is 28.3 Å². The molecule has 1 atom stereocenters. The maximum atomic E-state index is 3.98. The number of nitrogens with zero attached hydrogens (tertiary/aromatic N) is 1. The van der Waals surface area contributed by atoms with Crippen molar-refractivity contribution in [3.63, 3.8) is 0 Å². The maximum Gasteiger partial charge on any atom is 0.0847 e. The van der Waals surface area contributed by atoms with Gasteiger partial charge in [0, 0.05) is 22.7 Å². The van der Waals surface area contributed by atoms with E-state index in [1.807, 2.05) is 0 Å². The van der Waals surface area contributed by atoms with Crippen LogP contribution in [0.3, 0.4) is 0 Å². The van der Waals surface area contributed by atoms with Gasteiger partial charge in [-0.3, -0.25) is 0 Å². The van der Waals surface area contributed by atoms with Gasteiger partial charge in [0.1, 0.15) is 0 Å². The zero-order valence-electron chi connectivity index (χ0n) is 34.9. The van der Waals surface area contributed by atoms with Crippen LogP contribution in [-0.4, -0.2) is 0 Å². The molecule has 0 saturated carbocycles. The van der Waals surface area contributed by atoms with E-state index in [-0.39, 0.29) is 5.54 Å². The first-order valence-electron chi connectivity index (χ1n) is 21.0. The van der Waals surface area contributed by atoms with Crippen molar-refractivity contribution in [3.8, 4) is 33.4 Å². The van der Waals surface area contributed by atoms with E-state index in [4.69, 9.17) is 0 Å². The number of nitrogens with one attached hydrogen (secondary N) is 1. The van der Waals surface area contributed by atoms with Crippen LogP contribution in [0.1, 0.15) is 39.8 Å². The molecule has 0 radical (unpaired) electrons. The van der Waals surface area contributed by atoms with E-state index in [1.54, 1.807) is 0 Å². The average molecular weight is 775 g/mol. The van der Waals surface area contributed by atoms with Crippen LogP contribution in [0.4, 0.5) is 22.7 Å². The third-order valence-corrected chi connectivity index (χ3v) is 11.9. The van der Waals surface area contributed by atoms with Gasteiger partial charge in [0.25, 0.3) is 0 Å². The molecule has 0 heterocycles. The Morgan fingerprint density at radius 1 is 0.433 bits per heavy atom. The Hall–Kier alpha value is -7.16. The molecule has 0 fully saturated rings. The van der Waals surface area contributed by atoms with Gasteiger partial charge >= 0.3 is 0 Å². The third-order valence-electron chi connectivity index (χ3n) is 11.9. The van der Waals surface area contributed by atoms with Gasteiger partial charge in [-0.05, 0) is 132 Å². The molecule has 0 spiro atoms. The van der Waals surface area contributed by atoms with Gasteiger partial charge in [0.15, 0.2) is 0 Å². The minimum atomic E-state index is -0.380. The summed E-state index contributed by atoms with van der Waals surface area (Å²) in [5.74, 6) is 0. The van der Waals surface area contributed by atoms with Crippen LogP contribution in [0, 0.1) is 27.7 Å². The Morgan fingerprint density at radius 2 is 0.883 bits per heavy atom. The number of allylic oxidation sites excluding steroid dienone is 2. The summed E-state index contributed by atoms with van der Waals surface area (Å²) < 4.78 is 0. The summed E-state index contributed by atoms with van der Waals surface area (Å²) in [6.45, 7) is 8.70. The highest BCUT2D eigenvalue weighted by Crippen LogP contribution is 2.41. The van der Waals surface area contributed by atoms with Crippen molar-refractivity contribution in [3.05, 3.63) is 246 Å². The number of rotatable bonds is 10. The normalized spacial score (nSPS) is 14.7. The van der Waals surface area contributed by atoms with Gasteiger partial charge in [-0.2, -0.15) is 0 Å². The molecule has 1 aliphatic rings. The predicted molar refractivity (Wildman–Crippen MR) is 256 cm³/mol. The number of hydrogen-bond donors (Lipinski definition) is 1. The van der Waals surface area contributed by atoms with Gasteiger partial charge < -0.3 is 10.2 Å². The van der Waals surface area contributed by atoms with Crippen LogP contribution in [0.15, 0.2) is 212 Å². The van der Waals surface area contributed by atoms with Crippen molar-refractivity contribution in [2.45, 2.75) is 39.7 Å². The highest BCUT2D eigenvalue weighted by atomic mass is 15.1. The SMILES string of the molecule is Cc1ccc(NC2(c3ccc(-c4ccccc4)cc3)C=CC(c3ccc(-c4ccc(N(c5ccc(-c6ccccc6)cc5)c5ccc(C)cc5C)cc4)cc3)=CC2)c(C)c1.